The van der Waals surface area contributed by atoms with Crippen LogP contribution in [0.25, 0.3) is 0 Å². The zero-order valence-corrected chi connectivity index (χ0v) is 12.7. The Morgan fingerprint density at radius 2 is 1.86 bits per heavy atom. The van der Waals surface area contributed by atoms with Crippen LogP contribution in [-0.4, -0.2) is 38.6 Å². The molecule has 0 fully saturated rings. The maximum absolute atomic E-state index is 12.5. The highest BCUT2D eigenvalue weighted by Gasteiger charge is 2.22. The number of aromatic carboxylic acids is 1. The second-order valence-electron chi connectivity index (χ2n) is 4.39. The van der Waals surface area contributed by atoms with Crippen LogP contribution >= 0.6 is 0 Å². The molecule has 0 spiro atoms. The van der Waals surface area contributed by atoms with Crippen molar-refractivity contribution in [1.82, 2.24) is 4.98 Å². The number of sulfonamides is 1. The van der Waals surface area contributed by atoms with Crippen molar-refractivity contribution in [3.05, 3.63) is 48.3 Å². The molecule has 116 valence electrons. The van der Waals surface area contributed by atoms with Gasteiger partial charge in [0.15, 0.2) is 0 Å². The van der Waals surface area contributed by atoms with Crippen molar-refractivity contribution in [2.45, 2.75) is 4.90 Å². The van der Waals surface area contributed by atoms with E-state index in [0.29, 0.717) is 11.4 Å². The van der Waals surface area contributed by atoms with Gasteiger partial charge in [0, 0.05) is 19.3 Å². The Morgan fingerprint density at radius 1 is 1.23 bits per heavy atom. The second kappa shape index (κ2) is 6.02. The molecule has 1 N–H and O–H groups in total. The minimum Gasteiger partial charge on any atom is -0.495 e. The first-order chi connectivity index (χ1) is 10.4. The first-order valence-electron chi connectivity index (χ1n) is 6.17. The van der Waals surface area contributed by atoms with Crippen molar-refractivity contribution in [3.8, 4) is 5.75 Å². The first kappa shape index (κ1) is 15.8. The highest BCUT2D eigenvalue weighted by atomic mass is 32.2. The predicted octanol–water partition coefficient (Wildman–Crippen LogP) is 1.61. The predicted molar refractivity (Wildman–Crippen MR) is 79.8 cm³/mol. The molecule has 7 nitrogen and oxygen atoms in total. The van der Waals surface area contributed by atoms with Crippen molar-refractivity contribution in [1.29, 1.82) is 0 Å². The Labute approximate surface area is 127 Å². The standard InChI is InChI=1S/C14H14N2O5S/c1-16(11-5-3-10(4-6-11)14(17)18)22(19,20)13-7-12(21-2)8-15-9-13/h3-9H,1-2H3,(H,17,18). The zero-order chi connectivity index (χ0) is 16.3. The van der Waals surface area contributed by atoms with Crippen LogP contribution in [0.1, 0.15) is 10.4 Å². The highest BCUT2D eigenvalue weighted by molar-refractivity contribution is 7.92. The second-order valence-corrected chi connectivity index (χ2v) is 6.35. The number of carboxylic acids is 1. The maximum atomic E-state index is 12.5. The molecule has 0 amide bonds. The molecule has 0 aliphatic carbocycles. The average molecular weight is 322 g/mol. The van der Waals surface area contributed by atoms with E-state index in [0.717, 1.165) is 4.31 Å². The smallest absolute Gasteiger partial charge is 0.335 e. The van der Waals surface area contributed by atoms with Gasteiger partial charge in [0.2, 0.25) is 0 Å². The number of nitrogens with zero attached hydrogens (tertiary/aromatic N) is 2. The van der Waals surface area contributed by atoms with Gasteiger partial charge < -0.3 is 9.84 Å². The van der Waals surface area contributed by atoms with Gasteiger partial charge in [-0.15, -0.1) is 0 Å². The van der Waals surface area contributed by atoms with Gasteiger partial charge in [0.1, 0.15) is 10.6 Å². The van der Waals surface area contributed by atoms with Gasteiger partial charge in [-0.1, -0.05) is 0 Å². The number of carboxylic acid groups (broad SMARTS) is 1. The minimum atomic E-state index is -3.81. The van der Waals surface area contributed by atoms with E-state index in [4.69, 9.17) is 9.84 Å². The molecule has 0 aliphatic rings. The number of pyridine rings is 1. The summed E-state index contributed by atoms with van der Waals surface area (Å²) in [4.78, 5) is 14.6. The van der Waals surface area contributed by atoms with Gasteiger partial charge in [-0.05, 0) is 24.3 Å². The molecule has 2 rings (SSSR count). The van der Waals surface area contributed by atoms with Crippen molar-refractivity contribution in [2.75, 3.05) is 18.5 Å². The van der Waals surface area contributed by atoms with Crippen LogP contribution in [-0.2, 0) is 10.0 Å². The van der Waals surface area contributed by atoms with Crippen molar-refractivity contribution in [3.63, 3.8) is 0 Å². The fraction of sp³-hybridized carbons (Fsp3) is 0.143. The summed E-state index contributed by atoms with van der Waals surface area (Å²) in [5.74, 6) is -0.746. The summed E-state index contributed by atoms with van der Waals surface area (Å²) in [5.41, 5.74) is 0.422. The van der Waals surface area contributed by atoms with E-state index < -0.39 is 16.0 Å². The monoisotopic (exact) mass is 322 g/mol. The SMILES string of the molecule is COc1cncc(S(=O)(=O)N(C)c2ccc(C(=O)O)cc2)c1. The summed E-state index contributed by atoms with van der Waals surface area (Å²) in [5, 5.41) is 8.86. The molecule has 0 bridgehead atoms. The van der Waals surface area contributed by atoms with E-state index >= 15 is 0 Å². The van der Waals surface area contributed by atoms with Gasteiger partial charge in [0.05, 0.1) is 24.6 Å². The van der Waals surface area contributed by atoms with Crippen LogP contribution in [0.15, 0.2) is 47.6 Å². The average Bonchev–Trinajstić information content (AvgIpc) is 2.54. The van der Waals surface area contributed by atoms with Gasteiger partial charge in [0.25, 0.3) is 10.0 Å². The Morgan fingerprint density at radius 3 is 2.41 bits per heavy atom. The lowest BCUT2D eigenvalue weighted by Gasteiger charge is -2.19. The van der Waals surface area contributed by atoms with Crippen LogP contribution in [0.5, 0.6) is 5.75 Å². The number of carbonyl (C=O) groups is 1. The van der Waals surface area contributed by atoms with Crippen molar-refractivity contribution >= 4 is 21.7 Å². The molecular weight excluding hydrogens is 308 g/mol. The lowest BCUT2D eigenvalue weighted by Crippen LogP contribution is -2.26. The molecule has 22 heavy (non-hydrogen) atoms. The third-order valence-corrected chi connectivity index (χ3v) is 4.81. The number of hydrogen-bond donors (Lipinski definition) is 1. The van der Waals surface area contributed by atoms with E-state index in [9.17, 15) is 13.2 Å². The summed E-state index contributed by atoms with van der Waals surface area (Å²) >= 11 is 0. The number of hydrogen-bond acceptors (Lipinski definition) is 5. The van der Waals surface area contributed by atoms with Gasteiger partial charge in [-0.3, -0.25) is 9.29 Å². The molecule has 1 heterocycles. The molecule has 0 radical (unpaired) electrons. The third kappa shape index (κ3) is 3.01. The largest absolute Gasteiger partial charge is 0.495 e. The quantitative estimate of drug-likeness (QED) is 0.898. The molecule has 0 unspecified atom stereocenters. The Balaban J connectivity index is 2.37. The summed E-state index contributed by atoms with van der Waals surface area (Å²) in [6.07, 6.45) is 2.63. The van der Waals surface area contributed by atoms with E-state index in [1.54, 1.807) is 0 Å². The number of methoxy groups -OCH3 is 1. The Hall–Kier alpha value is -2.61. The molecule has 8 heteroatoms. The van der Waals surface area contributed by atoms with E-state index in [2.05, 4.69) is 4.98 Å². The van der Waals surface area contributed by atoms with Crippen LogP contribution < -0.4 is 9.04 Å². The number of ether oxygens (including phenoxy) is 1. The topological polar surface area (TPSA) is 96.8 Å². The fourth-order valence-electron chi connectivity index (χ4n) is 1.76. The van der Waals surface area contributed by atoms with Crippen LogP contribution in [0.3, 0.4) is 0 Å². The van der Waals surface area contributed by atoms with Gasteiger partial charge >= 0.3 is 5.97 Å². The maximum Gasteiger partial charge on any atom is 0.335 e. The van der Waals surface area contributed by atoms with Crippen LogP contribution in [0, 0.1) is 0 Å². The highest BCUT2D eigenvalue weighted by Crippen LogP contribution is 2.24. The number of anilines is 1. The Bertz CT molecular complexity index is 787. The zero-order valence-electron chi connectivity index (χ0n) is 11.9. The molecule has 2 aromatic rings. The number of rotatable bonds is 5. The van der Waals surface area contributed by atoms with E-state index in [1.807, 2.05) is 0 Å². The lowest BCUT2D eigenvalue weighted by molar-refractivity contribution is 0.0697. The van der Waals surface area contributed by atoms with Crippen LogP contribution in [0.4, 0.5) is 5.69 Å². The fourth-order valence-corrected chi connectivity index (χ4v) is 2.94. The minimum absolute atomic E-state index is 0.0170. The molecule has 0 saturated carbocycles. The lowest BCUT2D eigenvalue weighted by atomic mass is 10.2. The van der Waals surface area contributed by atoms with E-state index in [1.165, 1.54) is 56.9 Å². The number of benzene rings is 1. The first-order valence-corrected chi connectivity index (χ1v) is 7.61. The van der Waals surface area contributed by atoms with Crippen LogP contribution in [0.2, 0.25) is 0 Å². The number of aromatic nitrogens is 1. The van der Waals surface area contributed by atoms with Crippen molar-refractivity contribution < 1.29 is 23.1 Å². The summed E-state index contributed by atoms with van der Waals surface area (Å²) in [6, 6.07) is 6.90. The Kier molecular flexibility index (Phi) is 4.32. The third-order valence-electron chi connectivity index (χ3n) is 3.06. The summed E-state index contributed by atoms with van der Waals surface area (Å²) in [7, 11) is -1.02. The molecule has 0 aliphatic heterocycles. The van der Waals surface area contributed by atoms with Gasteiger partial charge in [-0.25, -0.2) is 13.2 Å². The molecule has 1 aromatic carbocycles. The van der Waals surface area contributed by atoms with Gasteiger partial charge in [-0.2, -0.15) is 0 Å². The molecule has 0 saturated heterocycles. The molecule has 0 atom stereocenters. The summed E-state index contributed by atoms with van der Waals surface area (Å²) < 4.78 is 31.1. The van der Waals surface area contributed by atoms with E-state index in [-0.39, 0.29) is 10.5 Å². The molecule has 1 aromatic heterocycles. The normalized spacial score (nSPS) is 11.0. The summed E-state index contributed by atoms with van der Waals surface area (Å²) in [6.45, 7) is 0. The van der Waals surface area contributed by atoms with Crippen molar-refractivity contribution in [2.24, 2.45) is 0 Å². The molecular formula is C14H14N2O5S.